The minimum absolute atomic E-state index is 0.129. The molecule has 0 aromatic carbocycles. The van der Waals surface area contributed by atoms with E-state index in [4.69, 9.17) is 23.6 Å². The molecule has 0 aliphatic rings. The molecule has 0 aromatic heterocycles. The van der Waals surface area contributed by atoms with Gasteiger partial charge >= 0.3 is 19.8 Å². The fraction of sp³-hybridized carbons (Fsp3) is 0.944. The molecule has 0 aliphatic heterocycles. The van der Waals surface area contributed by atoms with Gasteiger partial charge in [-0.05, 0) is 12.8 Å². The Kier molecular flexibility index (Phi) is 32.0. The largest absolute Gasteiger partial charge is 0.472 e. The summed E-state index contributed by atoms with van der Waals surface area (Å²) < 4.78 is 33.0. The lowest BCUT2D eigenvalue weighted by molar-refractivity contribution is -0.161. The highest BCUT2D eigenvalue weighted by atomic mass is 31.2. The van der Waals surface area contributed by atoms with Crippen LogP contribution in [0.2, 0.25) is 0 Å². The monoisotopic (exact) mass is 726 g/mol. The molecule has 0 heterocycles. The number of phosphoric acid groups is 1. The number of aliphatic hydroxyl groups is 4. The number of hydrogen-bond acceptors (Lipinski definition) is 11. The van der Waals surface area contributed by atoms with Crippen molar-refractivity contribution >= 4 is 19.8 Å². The summed E-state index contributed by atoms with van der Waals surface area (Å²) in [5.41, 5.74) is 0. The molecule has 0 saturated heterocycles. The molecule has 0 bridgehead atoms. The summed E-state index contributed by atoms with van der Waals surface area (Å²) in [6.45, 7) is 1.52. The highest BCUT2D eigenvalue weighted by molar-refractivity contribution is 7.47. The summed E-state index contributed by atoms with van der Waals surface area (Å²) in [6, 6.07) is 0. The van der Waals surface area contributed by atoms with Crippen LogP contribution in [-0.2, 0) is 32.7 Å². The van der Waals surface area contributed by atoms with E-state index in [1.54, 1.807) is 0 Å². The first kappa shape index (κ1) is 47.9. The molecule has 5 atom stereocenters. The van der Waals surface area contributed by atoms with Crippen molar-refractivity contribution < 1.29 is 58.0 Å². The summed E-state index contributed by atoms with van der Waals surface area (Å²) >= 11 is 0. The number of hydrogen-bond donors (Lipinski definition) is 5. The van der Waals surface area contributed by atoms with Gasteiger partial charge < -0.3 is 34.8 Å². The van der Waals surface area contributed by atoms with Gasteiger partial charge in [-0.15, -0.1) is 0 Å². The Morgan fingerprint density at radius 3 is 1.41 bits per heavy atom. The summed E-state index contributed by atoms with van der Waals surface area (Å²) in [6.07, 6.45) is 18.8. The zero-order valence-electron chi connectivity index (χ0n) is 30.6. The number of ether oxygens (including phenoxy) is 2. The molecule has 0 aliphatic carbocycles. The number of esters is 2. The zero-order valence-corrected chi connectivity index (χ0v) is 31.5. The van der Waals surface area contributed by atoms with Crippen LogP contribution in [0.15, 0.2) is 0 Å². The van der Waals surface area contributed by atoms with Crippen LogP contribution in [0.1, 0.15) is 168 Å². The maximum Gasteiger partial charge on any atom is 0.472 e. The molecule has 0 aromatic rings. The second-order valence-corrected chi connectivity index (χ2v) is 14.6. The Morgan fingerprint density at radius 1 is 0.592 bits per heavy atom. The molecular weight excluding hydrogens is 655 g/mol. The average molecular weight is 727 g/mol. The first-order valence-electron chi connectivity index (χ1n) is 19.2. The Labute approximate surface area is 296 Å². The van der Waals surface area contributed by atoms with Gasteiger partial charge in [0.1, 0.15) is 24.9 Å². The van der Waals surface area contributed by atoms with E-state index in [-0.39, 0.29) is 12.8 Å². The van der Waals surface area contributed by atoms with E-state index in [0.29, 0.717) is 12.8 Å². The third-order valence-corrected chi connectivity index (χ3v) is 9.54. The lowest BCUT2D eigenvalue weighted by Crippen LogP contribution is -2.42. The number of rotatable bonds is 36. The third kappa shape index (κ3) is 29.2. The van der Waals surface area contributed by atoms with Crippen molar-refractivity contribution in [2.45, 2.75) is 192 Å². The molecule has 0 rings (SSSR count). The van der Waals surface area contributed by atoms with E-state index < -0.39 is 70.6 Å². The van der Waals surface area contributed by atoms with Gasteiger partial charge in [-0.2, -0.15) is 0 Å². The van der Waals surface area contributed by atoms with Crippen LogP contribution in [0.25, 0.3) is 0 Å². The third-order valence-electron chi connectivity index (χ3n) is 8.53. The van der Waals surface area contributed by atoms with Gasteiger partial charge in [0.05, 0.1) is 19.8 Å². The van der Waals surface area contributed by atoms with Gasteiger partial charge in [-0.25, -0.2) is 4.57 Å². The standard InChI is InChI=1S/C36H71O12P/c1-3-5-7-9-11-13-14-15-16-18-19-21-23-25-34(40)45-29-31(47-35(41)26-24-22-20-17-12-10-8-6-4-2)30-46-49(43,44)48-33(28-38)36(42)32(39)27-37/h31-33,36-39,42H,3-30H2,1-2H3,(H,43,44)/t31-,32-,33-,36+/m1/s1. The van der Waals surface area contributed by atoms with Gasteiger partial charge in [-0.3, -0.25) is 18.6 Å². The number of carbonyl (C=O) groups excluding carboxylic acids is 2. The highest BCUT2D eigenvalue weighted by Crippen LogP contribution is 2.45. The second kappa shape index (κ2) is 32.8. The normalized spacial score (nSPS) is 15.3. The van der Waals surface area contributed by atoms with Crippen molar-refractivity contribution in [3.63, 3.8) is 0 Å². The molecule has 49 heavy (non-hydrogen) atoms. The van der Waals surface area contributed by atoms with Crippen molar-refractivity contribution in [3.05, 3.63) is 0 Å². The quantitative estimate of drug-likeness (QED) is 0.0252. The summed E-state index contributed by atoms with van der Waals surface area (Å²) in [4.78, 5) is 35.1. The van der Waals surface area contributed by atoms with E-state index in [0.717, 1.165) is 38.5 Å². The second-order valence-electron chi connectivity index (χ2n) is 13.2. The smallest absolute Gasteiger partial charge is 0.462 e. The molecule has 5 N–H and O–H groups in total. The first-order valence-corrected chi connectivity index (χ1v) is 20.7. The van der Waals surface area contributed by atoms with Crippen LogP contribution in [0.5, 0.6) is 0 Å². The number of phosphoric ester groups is 1. The minimum atomic E-state index is -4.95. The van der Waals surface area contributed by atoms with Crippen LogP contribution in [-0.4, -0.2) is 88.1 Å². The van der Waals surface area contributed by atoms with Crippen LogP contribution >= 0.6 is 7.82 Å². The predicted octanol–water partition coefficient (Wildman–Crippen LogP) is 7.05. The van der Waals surface area contributed by atoms with E-state index >= 15 is 0 Å². The van der Waals surface area contributed by atoms with Gasteiger partial charge in [-0.1, -0.05) is 142 Å². The van der Waals surface area contributed by atoms with Crippen LogP contribution in [0.3, 0.4) is 0 Å². The maximum absolute atomic E-state index is 12.6. The minimum Gasteiger partial charge on any atom is -0.462 e. The Morgan fingerprint density at radius 2 is 1.00 bits per heavy atom. The van der Waals surface area contributed by atoms with Crippen molar-refractivity contribution in [1.29, 1.82) is 0 Å². The van der Waals surface area contributed by atoms with Crippen molar-refractivity contribution in [3.8, 4) is 0 Å². The van der Waals surface area contributed by atoms with E-state index in [2.05, 4.69) is 13.8 Å². The Hall–Kier alpha value is -1.11. The molecule has 0 fully saturated rings. The average Bonchev–Trinajstić information content (AvgIpc) is 3.08. The van der Waals surface area contributed by atoms with Gasteiger partial charge in [0, 0.05) is 12.8 Å². The van der Waals surface area contributed by atoms with Crippen LogP contribution in [0.4, 0.5) is 0 Å². The lowest BCUT2D eigenvalue weighted by atomic mass is 10.0. The zero-order chi connectivity index (χ0) is 36.6. The summed E-state index contributed by atoms with van der Waals surface area (Å²) in [7, 11) is -4.95. The van der Waals surface area contributed by atoms with Crippen molar-refractivity contribution in [2.75, 3.05) is 26.4 Å². The summed E-state index contributed by atoms with van der Waals surface area (Å²) in [5, 5.41) is 38.0. The van der Waals surface area contributed by atoms with Crippen LogP contribution < -0.4 is 0 Å². The molecule has 12 nitrogen and oxygen atoms in total. The molecule has 292 valence electrons. The summed E-state index contributed by atoms with van der Waals surface area (Å²) in [5.74, 6) is -1.04. The number of aliphatic hydroxyl groups excluding tert-OH is 4. The lowest BCUT2D eigenvalue weighted by Gasteiger charge is -2.26. The van der Waals surface area contributed by atoms with E-state index in [1.165, 1.54) is 89.9 Å². The highest BCUT2D eigenvalue weighted by Gasteiger charge is 2.35. The van der Waals surface area contributed by atoms with Gasteiger partial charge in [0.15, 0.2) is 6.10 Å². The molecule has 0 spiro atoms. The Balaban J connectivity index is 4.66. The number of unbranched alkanes of at least 4 members (excludes halogenated alkanes) is 20. The topological polar surface area (TPSA) is 189 Å². The van der Waals surface area contributed by atoms with Crippen LogP contribution in [0, 0.1) is 0 Å². The van der Waals surface area contributed by atoms with Gasteiger partial charge in [0.2, 0.25) is 0 Å². The van der Waals surface area contributed by atoms with Crippen molar-refractivity contribution in [2.24, 2.45) is 0 Å². The fourth-order valence-corrected chi connectivity index (χ4v) is 6.37. The van der Waals surface area contributed by atoms with E-state index in [9.17, 15) is 34.4 Å². The molecule has 0 radical (unpaired) electrons. The predicted molar refractivity (Wildman–Crippen MR) is 190 cm³/mol. The van der Waals surface area contributed by atoms with E-state index in [1.807, 2.05) is 0 Å². The Bertz CT molecular complexity index is 830. The fourth-order valence-electron chi connectivity index (χ4n) is 5.42. The SMILES string of the molecule is CCCCCCCCCCCCCCCC(=O)OC[C@H](COP(=O)(O)O[C@H](CO)[C@@H](O)[C@H](O)CO)OC(=O)CCCCCCCCCCC. The van der Waals surface area contributed by atoms with Gasteiger partial charge in [0.25, 0.3) is 0 Å². The number of carbonyl (C=O) groups is 2. The maximum atomic E-state index is 12.6. The first-order chi connectivity index (χ1) is 23.6. The molecule has 0 saturated carbocycles. The van der Waals surface area contributed by atoms with Crippen molar-refractivity contribution in [1.82, 2.24) is 0 Å². The molecule has 0 amide bonds. The molecule has 13 heteroatoms. The molecular formula is C36H71O12P. The molecule has 1 unspecified atom stereocenters.